The van der Waals surface area contributed by atoms with Crippen LogP contribution >= 0.6 is 0 Å². The molecule has 0 radical (unpaired) electrons. The Labute approximate surface area is 126 Å². The molecule has 1 saturated carbocycles. The minimum absolute atomic E-state index is 0.244. The number of aryl methyl sites for hydroxylation is 2. The van der Waals surface area contributed by atoms with Gasteiger partial charge in [0.25, 0.3) is 0 Å². The predicted molar refractivity (Wildman–Crippen MR) is 85.6 cm³/mol. The summed E-state index contributed by atoms with van der Waals surface area (Å²) in [6, 6.07) is 6.01. The van der Waals surface area contributed by atoms with Gasteiger partial charge in [-0.2, -0.15) is 0 Å². The van der Waals surface area contributed by atoms with E-state index in [0.717, 1.165) is 12.3 Å². The molecule has 1 atom stereocenters. The summed E-state index contributed by atoms with van der Waals surface area (Å²) in [5, 5.41) is 12.8. The van der Waals surface area contributed by atoms with Crippen LogP contribution in [-0.4, -0.2) is 36.9 Å². The van der Waals surface area contributed by atoms with Crippen molar-refractivity contribution in [3.63, 3.8) is 0 Å². The SMILES string of the molecule is Cc1ccc(NC(N)=NCC(O)COCC2CC2)cc1C. The third-order valence-electron chi connectivity index (χ3n) is 3.61. The number of benzene rings is 1. The van der Waals surface area contributed by atoms with Crippen LogP contribution in [0.4, 0.5) is 5.69 Å². The number of hydrogen-bond acceptors (Lipinski definition) is 3. The van der Waals surface area contributed by atoms with Gasteiger partial charge in [-0.1, -0.05) is 6.07 Å². The molecule has 0 amide bonds. The smallest absolute Gasteiger partial charge is 0.193 e. The lowest BCUT2D eigenvalue weighted by Gasteiger charge is -2.11. The van der Waals surface area contributed by atoms with Crippen LogP contribution in [0.1, 0.15) is 24.0 Å². The van der Waals surface area contributed by atoms with E-state index in [9.17, 15) is 5.11 Å². The molecule has 1 aromatic rings. The Balaban J connectivity index is 1.72. The Hall–Kier alpha value is -1.59. The lowest BCUT2D eigenvalue weighted by Crippen LogP contribution is -2.26. The highest BCUT2D eigenvalue weighted by atomic mass is 16.5. The number of aliphatic hydroxyl groups excluding tert-OH is 1. The van der Waals surface area contributed by atoms with E-state index in [1.54, 1.807) is 0 Å². The zero-order valence-electron chi connectivity index (χ0n) is 12.8. The van der Waals surface area contributed by atoms with Gasteiger partial charge >= 0.3 is 0 Å². The van der Waals surface area contributed by atoms with E-state index in [1.165, 1.54) is 24.0 Å². The van der Waals surface area contributed by atoms with E-state index < -0.39 is 6.10 Å². The minimum atomic E-state index is -0.608. The van der Waals surface area contributed by atoms with Gasteiger partial charge in [0, 0.05) is 12.3 Å². The molecule has 1 aliphatic carbocycles. The lowest BCUT2D eigenvalue weighted by atomic mass is 10.1. The van der Waals surface area contributed by atoms with Gasteiger partial charge in [0.1, 0.15) is 0 Å². The van der Waals surface area contributed by atoms with E-state index in [-0.39, 0.29) is 6.54 Å². The van der Waals surface area contributed by atoms with Crippen molar-refractivity contribution in [1.82, 2.24) is 0 Å². The molecule has 5 nitrogen and oxygen atoms in total. The number of nitrogens with one attached hydrogen (secondary N) is 1. The third-order valence-corrected chi connectivity index (χ3v) is 3.61. The van der Waals surface area contributed by atoms with Gasteiger partial charge < -0.3 is 20.9 Å². The molecule has 116 valence electrons. The van der Waals surface area contributed by atoms with E-state index in [0.29, 0.717) is 18.5 Å². The van der Waals surface area contributed by atoms with Gasteiger partial charge in [-0.15, -0.1) is 0 Å². The normalized spacial score (nSPS) is 16.8. The number of aliphatic hydroxyl groups is 1. The molecule has 5 heteroatoms. The maximum Gasteiger partial charge on any atom is 0.193 e. The van der Waals surface area contributed by atoms with Gasteiger partial charge in [0.05, 0.1) is 19.3 Å². The maximum absolute atomic E-state index is 9.76. The first-order chi connectivity index (χ1) is 10.0. The first-order valence-corrected chi connectivity index (χ1v) is 7.44. The van der Waals surface area contributed by atoms with Crippen LogP contribution < -0.4 is 11.1 Å². The molecule has 1 fully saturated rings. The van der Waals surface area contributed by atoms with Crippen molar-refractivity contribution in [1.29, 1.82) is 0 Å². The fourth-order valence-corrected chi connectivity index (χ4v) is 1.92. The highest BCUT2D eigenvalue weighted by molar-refractivity contribution is 5.92. The van der Waals surface area contributed by atoms with E-state index in [4.69, 9.17) is 10.5 Å². The standard InChI is InChI=1S/C16H25N3O2/c1-11-3-6-14(7-12(11)2)19-16(17)18-8-15(20)10-21-9-13-4-5-13/h3,6-7,13,15,20H,4-5,8-10H2,1-2H3,(H3,17,18,19). The van der Waals surface area contributed by atoms with Crippen LogP contribution in [0.5, 0.6) is 0 Å². The number of nitrogens with zero attached hydrogens (tertiary/aromatic N) is 1. The summed E-state index contributed by atoms with van der Waals surface area (Å²) in [7, 11) is 0. The van der Waals surface area contributed by atoms with Crippen LogP contribution in [0.15, 0.2) is 23.2 Å². The summed E-state index contributed by atoms with van der Waals surface area (Å²) in [5.41, 5.74) is 9.15. The molecule has 0 spiro atoms. The number of hydrogen-bond donors (Lipinski definition) is 3. The summed E-state index contributed by atoms with van der Waals surface area (Å²) >= 11 is 0. The summed E-state index contributed by atoms with van der Waals surface area (Å²) in [6.45, 7) is 5.42. The molecule has 0 aliphatic heterocycles. The van der Waals surface area contributed by atoms with E-state index in [1.807, 2.05) is 18.2 Å². The van der Waals surface area contributed by atoms with Crippen molar-refractivity contribution in [2.45, 2.75) is 32.8 Å². The number of guanidine groups is 1. The molecule has 0 heterocycles. The Morgan fingerprint density at radius 3 is 2.86 bits per heavy atom. The summed E-state index contributed by atoms with van der Waals surface area (Å²) < 4.78 is 5.42. The second-order valence-electron chi connectivity index (χ2n) is 5.78. The highest BCUT2D eigenvalue weighted by Crippen LogP contribution is 2.28. The molecule has 1 aromatic carbocycles. The predicted octanol–water partition coefficient (Wildman–Crippen LogP) is 1.82. The molecule has 0 saturated heterocycles. The van der Waals surface area contributed by atoms with Crippen molar-refractivity contribution in [2.75, 3.05) is 25.1 Å². The second kappa shape index (κ2) is 7.43. The third kappa shape index (κ3) is 5.73. The summed E-state index contributed by atoms with van der Waals surface area (Å²) in [4.78, 5) is 4.14. The van der Waals surface area contributed by atoms with Gasteiger partial charge in [0.15, 0.2) is 5.96 Å². The summed E-state index contributed by atoms with van der Waals surface area (Å²) in [6.07, 6.45) is 1.89. The molecule has 0 bridgehead atoms. The van der Waals surface area contributed by atoms with E-state index in [2.05, 4.69) is 24.2 Å². The first-order valence-electron chi connectivity index (χ1n) is 7.44. The molecular formula is C16H25N3O2. The fraction of sp³-hybridized carbons (Fsp3) is 0.562. The average molecular weight is 291 g/mol. The van der Waals surface area contributed by atoms with Crippen molar-refractivity contribution in [2.24, 2.45) is 16.6 Å². The van der Waals surface area contributed by atoms with Gasteiger partial charge in [-0.3, -0.25) is 4.99 Å². The number of rotatable bonds is 7. The van der Waals surface area contributed by atoms with Crippen LogP contribution in [-0.2, 0) is 4.74 Å². The number of aliphatic imine (C=N–C) groups is 1. The Bertz CT molecular complexity index is 498. The molecular weight excluding hydrogens is 266 g/mol. The Kier molecular flexibility index (Phi) is 5.59. The molecule has 0 aromatic heterocycles. The molecule has 2 rings (SSSR count). The van der Waals surface area contributed by atoms with Gasteiger partial charge in [-0.05, 0) is 55.9 Å². The van der Waals surface area contributed by atoms with Gasteiger partial charge in [-0.25, -0.2) is 0 Å². The Morgan fingerprint density at radius 2 is 2.19 bits per heavy atom. The van der Waals surface area contributed by atoms with Gasteiger partial charge in [0.2, 0.25) is 0 Å². The van der Waals surface area contributed by atoms with Crippen molar-refractivity contribution < 1.29 is 9.84 Å². The van der Waals surface area contributed by atoms with E-state index >= 15 is 0 Å². The van der Waals surface area contributed by atoms with Crippen LogP contribution in [0.25, 0.3) is 0 Å². The lowest BCUT2D eigenvalue weighted by molar-refractivity contribution is 0.0369. The topological polar surface area (TPSA) is 79.9 Å². The van der Waals surface area contributed by atoms with Crippen LogP contribution in [0, 0.1) is 19.8 Å². The zero-order chi connectivity index (χ0) is 15.2. The molecule has 1 aliphatic rings. The van der Waals surface area contributed by atoms with Crippen LogP contribution in [0.3, 0.4) is 0 Å². The molecule has 4 N–H and O–H groups in total. The van der Waals surface area contributed by atoms with Crippen molar-refractivity contribution in [3.8, 4) is 0 Å². The zero-order valence-corrected chi connectivity index (χ0v) is 12.8. The average Bonchev–Trinajstić information content (AvgIpc) is 3.25. The fourth-order valence-electron chi connectivity index (χ4n) is 1.92. The molecule has 1 unspecified atom stereocenters. The van der Waals surface area contributed by atoms with Crippen LogP contribution in [0.2, 0.25) is 0 Å². The quantitative estimate of drug-likeness (QED) is 0.529. The number of anilines is 1. The monoisotopic (exact) mass is 291 g/mol. The maximum atomic E-state index is 9.76. The Morgan fingerprint density at radius 1 is 1.43 bits per heavy atom. The second-order valence-corrected chi connectivity index (χ2v) is 5.78. The van der Waals surface area contributed by atoms with Crippen molar-refractivity contribution >= 4 is 11.6 Å². The minimum Gasteiger partial charge on any atom is -0.389 e. The largest absolute Gasteiger partial charge is 0.389 e. The number of ether oxygens (including phenoxy) is 1. The molecule has 21 heavy (non-hydrogen) atoms. The van der Waals surface area contributed by atoms with Crippen molar-refractivity contribution in [3.05, 3.63) is 29.3 Å². The first kappa shape index (κ1) is 15.8. The summed E-state index contributed by atoms with van der Waals surface area (Å²) in [5.74, 6) is 1.01. The highest BCUT2D eigenvalue weighted by Gasteiger charge is 2.21. The number of nitrogens with two attached hydrogens (primary N) is 1.